The molecule has 29 heavy (non-hydrogen) atoms. The molecule has 0 bridgehead atoms. The molecule has 0 radical (unpaired) electrons. The molecule has 2 aromatic carbocycles. The highest BCUT2D eigenvalue weighted by atomic mass is 35.5. The number of nitrogens with two attached hydrogens (primary N) is 1. The lowest BCUT2D eigenvalue weighted by Crippen LogP contribution is -2.30. The van der Waals surface area contributed by atoms with Crippen LogP contribution in [-0.4, -0.2) is 25.0 Å². The van der Waals surface area contributed by atoms with Crippen molar-refractivity contribution < 1.29 is 19.1 Å². The van der Waals surface area contributed by atoms with Crippen LogP contribution in [0.3, 0.4) is 0 Å². The van der Waals surface area contributed by atoms with Crippen LogP contribution in [0.25, 0.3) is 6.08 Å². The number of anilines is 1. The second kappa shape index (κ2) is 9.82. The number of halogens is 2. The van der Waals surface area contributed by atoms with Gasteiger partial charge in [0.05, 0.1) is 17.8 Å². The Morgan fingerprint density at radius 3 is 2.55 bits per heavy atom. The minimum Gasteiger partial charge on any atom is -0.493 e. The number of primary amides is 1. The lowest BCUT2D eigenvalue weighted by Gasteiger charge is -2.17. The summed E-state index contributed by atoms with van der Waals surface area (Å²) < 4.78 is 11.0. The molecule has 2 amide bonds. The third-order valence-electron chi connectivity index (χ3n) is 3.74. The predicted octanol–water partition coefficient (Wildman–Crippen LogP) is 3.80. The number of amides is 2. The van der Waals surface area contributed by atoms with Gasteiger partial charge in [0, 0.05) is 5.02 Å². The van der Waals surface area contributed by atoms with Crippen molar-refractivity contribution in [1.82, 2.24) is 0 Å². The highest BCUT2D eigenvalue weighted by Gasteiger charge is 2.18. The molecule has 7 nitrogen and oxygen atoms in total. The van der Waals surface area contributed by atoms with Gasteiger partial charge in [-0.2, -0.15) is 5.26 Å². The Kier molecular flexibility index (Phi) is 7.48. The van der Waals surface area contributed by atoms with Gasteiger partial charge >= 0.3 is 0 Å². The fourth-order valence-corrected chi connectivity index (χ4v) is 2.61. The number of nitrogens with one attached hydrogen (secondary N) is 1. The number of hydrogen-bond acceptors (Lipinski definition) is 5. The summed E-state index contributed by atoms with van der Waals surface area (Å²) in [7, 11) is 1.42. The number of carbonyl (C=O) groups is 2. The summed E-state index contributed by atoms with van der Waals surface area (Å²) in [6, 6.07) is 11.1. The van der Waals surface area contributed by atoms with Crippen LogP contribution in [-0.2, 0) is 9.59 Å². The summed E-state index contributed by atoms with van der Waals surface area (Å²) >= 11 is 12.0. The molecule has 9 heteroatoms. The molecule has 150 valence electrons. The van der Waals surface area contributed by atoms with Gasteiger partial charge in [-0.25, -0.2) is 0 Å². The Bertz CT molecular complexity index is 1020. The molecule has 0 aliphatic rings. The van der Waals surface area contributed by atoms with Crippen molar-refractivity contribution in [3.63, 3.8) is 0 Å². The van der Waals surface area contributed by atoms with E-state index >= 15 is 0 Å². The number of methoxy groups -OCH3 is 1. The largest absolute Gasteiger partial charge is 0.493 e. The molecular weight excluding hydrogens is 417 g/mol. The summed E-state index contributed by atoms with van der Waals surface area (Å²) in [5.41, 5.74) is 5.80. The van der Waals surface area contributed by atoms with Crippen LogP contribution >= 0.6 is 23.2 Å². The summed E-state index contributed by atoms with van der Waals surface area (Å²) in [6.45, 7) is 1.56. The Hall–Kier alpha value is -3.21. The van der Waals surface area contributed by atoms with Gasteiger partial charge in [0.1, 0.15) is 11.6 Å². The van der Waals surface area contributed by atoms with E-state index in [-0.39, 0.29) is 5.57 Å². The first-order valence-corrected chi connectivity index (χ1v) is 9.03. The second-order valence-corrected chi connectivity index (χ2v) is 6.66. The maximum absolute atomic E-state index is 12.4. The van der Waals surface area contributed by atoms with Crippen LogP contribution in [0.1, 0.15) is 12.5 Å². The first kappa shape index (κ1) is 22.1. The number of benzene rings is 2. The first-order valence-electron chi connectivity index (χ1n) is 8.27. The molecule has 0 aliphatic carbocycles. The van der Waals surface area contributed by atoms with Crippen LogP contribution in [0.15, 0.2) is 42.0 Å². The molecule has 0 spiro atoms. The lowest BCUT2D eigenvalue weighted by atomic mass is 10.1. The molecule has 2 rings (SSSR count). The van der Waals surface area contributed by atoms with E-state index in [9.17, 15) is 9.59 Å². The second-order valence-electron chi connectivity index (χ2n) is 5.82. The van der Waals surface area contributed by atoms with Crippen LogP contribution in [0, 0.1) is 11.3 Å². The van der Waals surface area contributed by atoms with Gasteiger partial charge in [-0.1, -0.05) is 29.3 Å². The smallest absolute Gasteiger partial charge is 0.265 e. The zero-order chi connectivity index (χ0) is 21.6. The van der Waals surface area contributed by atoms with Gasteiger partial charge in [-0.3, -0.25) is 9.59 Å². The monoisotopic (exact) mass is 433 g/mol. The first-order chi connectivity index (χ1) is 13.7. The van der Waals surface area contributed by atoms with Gasteiger partial charge in [0.25, 0.3) is 11.8 Å². The van der Waals surface area contributed by atoms with E-state index in [2.05, 4.69) is 5.32 Å². The van der Waals surface area contributed by atoms with E-state index in [0.29, 0.717) is 32.8 Å². The number of rotatable bonds is 7. The molecular formula is C20H17Cl2N3O4. The minimum absolute atomic E-state index is 0.202. The van der Waals surface area contributed by atoms with Gasteiger partial charge in [-0.15, -0.1) is 0 Å². The molecule has 0 saturated heterocycles. The Morgan fingerprint density at radius 2 is 1.93 bits per heavy atom. The van der Waals surface area contributed by atoms with Crippen molar-refractivity contribution in [1.29, 1.82) is 5.26 Å². The molecule has 0 unspecified atom stereocenters. The molecule has 0 saturated carbocycles. The topological polar surface area (TPSA) is 114 Å². The van der Waals surface area contributed by atoms with Crippen LogP contribution < -0.4 is 20.5 Å². The molecule has 3 N–H and O–H groups in total. The van der Waals surface area contributed by atoms with E-state index < -0.39 is 17.9 Å². The number of ether oxygens (including phenoxy) is 2. The number of nitriles is 1. The Labute approximate surface area is 177 Å². The molecule has 2 aromatic rings. The molecule has 0 aromatic heterocycles. The number of carbonyl (C=O) groups excluding carboxylic acids is 2. The van der Waals surface area contributed by atoms with Crippen molar-refractivity contribution in [2.24, 2.45) is 5.73 Å². The average molecular weight is 434 g/mol. The van der Waals surface area contributed by atoms with Crippen LogP contribution in [0.2, 0.25) is 10.0 Å². The third-order valence-corrected chi connectivity index (χ3v) is 4.31. The van der Waals surface area contributed by atoms with E-state index in [1.165, 1.54) is 19.3 Å². The SMILES string of the molecule is COc1cc(/C=C(\C#N)C(N)=O)ccc1O[C@H](C)C(=O)Nc1cc(Cl)ccc1Cl. The summed E-state index contributed by atoms with van der Waals surface area (Å²) in [4.78, 5) is 23.6. The highest BCUT2D eigenvalue weighted by Crippen LogP contribution is 2.30. The van der Waals surface area contributed by atoms with Crippen molar-refractivity contribution in [2.75, 3.05) is 12.4 Å². The maximum Gasteiger partial charge on any atom is 0.265 e. The predicted molar refractivity (Wildman–Crippen MR) is 111 cm³/mol. The molecule has 0 heterocycles. The molecule has 1 atom stereocenters. The Morgan fingerprint density at radius 1 is 1.21 bits per heavy atom. The zero-order valence-corrected chi connectivity index (χ0v) is 17.0. The van der Waals surface area contributed by atoms with E-state index in [0.717, 1.165) is 0 Å². The summed E-state index contributed by atoms with van der Waals surface area (Å²) in [5.74, 6) is -0.680. The summed E-state index contributed by atoms with van der Waals surface area (Å²) in [5, 5.41) is 12.4. The maximum atomic E-state index is 12.4. The third kappa shape index (κ3) is 5.88. The quantitative estimate of drug-likeness (QED) is 0.508. The van der Waals surface area contributed by atoms with Crippen molar-refractivity contribution >= 4 is 46.8 Å². The minimum atomic E-state index is -0.888. The van der Waals surface area contributed by atoms with Crippen molar-refractivity contribution in [3.05, 3.63) is 57.6 Å². The zero-order valence-electron chi connectivity index (χ0n) is 15.5. The molecule has 0 fully saturated rings. The van der Waals surface area contributed by atoms with Crippen LogP contribution in [0.4, 0.5) is 5.69 Å². The highest BCUT2D eigenvalue weighted by molar-refractivity contribution is 6.35. The Balaban J connectivity index is 2.18. The van der Waals surface area contributed by atoms with Gasteiger partial charge in [0.2, 0.25) is 0 Å². The number of nitrogens with zero attached hydrogens (tertiary/aromatic N) is 1. The number of hydrogen-bond donors (Lipinski definition) is 2. The lowest BCUT2D eigenvalue weighted by molar-refractivity contribution is -0.122. The standard InChI is InChI=1S/C20H17Cl2N3O4/c1-11(20(27)25-16-9-14(21)4-5-15(16)22)29-17-6-3-12(8-18(17)28-2)7-13(10-23)19(24)26/h3-9,11H,1-2H3,(H2,24,26)(H,25,27)/b13-7+/t11-/m1/s1. The summed E-state index contributed by atoms with van der Waals surface area (Å²) in [6.07, 6.45) is 0.437. The van der Waals surface area contributed by atoms with E-state index in [1.54, 1.807) is 43.3 Å². The van der Waals surface area contributed by atoms with Crippen molar-refractivity contribution in [2.45, 2.75) is 13.0 Å². The average Bonchev–Trinajstić information content (AvgIpc) is 2.69. The van der Waals surface area contributed by atoms with Gasteiger partial charge in [-0.05, 0) is 48.9 Å². The fraction of sp³-hybridized carbons (Fsp3) is 0.150. The van der Waals surface area contributed by atoms with Gasteiger partial charge in [0.15, 0.2) is 17.6 Å². The van der Waals surface area contributed by atoms with Crippen molar-refractivity contribution in [3.8, 4) is 17.6 Å². The van der Waals surface area contributed by atoms with E-state index in [4.69, 9.17) is 43.7 Å². The fourth-order valence-electron chi connectivity index (χ4n) is 2.27. The van der Waals surface area contributed by atoms with Crippen LogP contribution in [0.5, 0.6) is 11.5 Å². The molecule has 0 aliphatic heterocycles. The normalized spacial score (nSPS) is 11.9. The van der Waals surface area contributed by atoms with Gasteiger partial charge < -0.3 is 20.5 Å². The van der Waals surface area contributed by atoms with E-state index in [1.807, 2.05) is 0 Å².